The van der Waals surface area contributed by atoms with Crippen LogP contribution in [0.2, 0.25) is 0 Å². The number of amides is 1. The van der Waals surface area contributed by atoms with Crippen LogP contribution < -0.4 is 5.14 Å². The Labute approximate surface area is 136 Å². The van der Waals surface area contributed by atoms with E-state index in [1.165, 1.54) is 0 Å². The lowest BCUT2D eigenvalue weighted by Gasteiger charge is -2.42. The molecule has 0 unspecified atom stereocenters. The minimum atomic E-state index is -3.65. The van der Waals surface area contributed by atoms with E-state index < -0.39 is 10.0 Å². The Morgan fingerprint density at radius 2 is 1.78 bits per heavy atom. The molecule has 0 atom stereocenters. The lowest BCUT2D eigenvalue weighted by molar-refractivity contribution is -0.169. The first-order chi connectivity index (χ1) is 10.8. The van der Waals surface area contributed by atoms with E-state index in [0.29, 0.717) is 19.1 Å². The minimum absolute atomic E-state index is 0.131. The molecule has 0 radical (unpaired) electrons. The zero-order chi connectivity index (χ0) is 16.7. The topological polar surface area (TPSA) is 89.7 Å². The van der Waals surface area contributed by atoms with Crippen molar-refractivity contribution in [2.45, 2.75) is 30.6 Å². The minimum Gasteiger partial charge on any atom is -0.379 e. The second kappa shape index (κ2) is 5.89. The summed E-state index contributed by atoms with van der Waals surface area (Å²) in [5.41, 5.74) is 0.756. The average molecular weight is 338 g/mol. The van der Waals surface area contributed by atoms with Gasteiger partial charge in [-0.1, -0.05) is 12.1 Å². The molecule has 6 nitrogen and oxygen atoms in total. The summed E-state index contributed by atoms with van der Waals surface area (Å²) in [5.74, 6) is 0.533. The highest BCUT2D eigenvalue weighted by molar-refractivity contribution is 7.89. The number of hydrogen-bond donors (Lipinski definition) is 1. The summed E-state index contributed by atoms with van der Waals surface area (Å²) in [7, 11) is -3.65. The van der Waals surface area contributed by atoms with Crippen molar-refractivity contribution in [3.8, 4) is 0 Å². The number of ether oxygens (including phenoxy) is 1. The first-order valence-corrected chi connectivity index (χ1v) is 9.34. The van der Waals surface area contributed by atoms with Crippen molar-refractivity contribution < 1.29 is 17.9 Å². The summed E-state index contributed by atoms with van der Waals surface area (Å²) < 4.78 is 27.8. The Balaban J connectivity index is 1.62. The highest BCUT2D eigenvalue weighted by Crippen LogP contribution is 2.33. The van der Waals surface area contributed by atoms with Crippen LogP contribution in [0.5, 0.6) is 0 Å². The fourth-order valence-corrected chi connectivity index (χ4v) is 3.77. The molecule has 2 heterocycles. The van der Waals surface area contributed by atoms with E-state index in [1.807, 2.05) is 24.0 Å². The summed E-state index contributed by atoms with van der Waals surface area (Å²) in [4.78, 5) is 14.5. The van der Waals surface area contributed by atoms with Crippen LogP contribution in [0, 0.1) is 5.41 Å². The number of carbonyl (C=O) groups excluding carboxylic acids is 1. The molecule has 1 aromatic rings. The number of carbonyl (C=O) groups is 1. The van der Waals surface area contributed by atoms with Gasteiger partial charge in [0.15, 0.2) is 0 Å². The quantitative estimate of drug-likeness (QED) is 0.893. The molecular weight excluding hydrogens is 316 g/mol. The molecule has 2 N–H and O–H groups in total. The molecule has 1 amide bonds. The highest BCUT2D eigenvalue weighted by atomic mass is 32.2. The lowest BCUT2D eigenvalue weighted by Crippen LogP contribution is -2.54. The van der Waals surface area contributed by atoms with Crippen molar-refractivity contribution in [2.75, 3.05) is 26.3 Å². The number of rotatable bonds is 3. The average Bonchev–Trinajstić information content (AvgIpc) is 2.51. The molecule has 0 saturated carbocycles. The Kier molecular flexibility index (Phi) is 4.20. The molecule has 7 heteroatoms. The largest absolute Gasteiger partial charge is 0.379 e. The number of primary sulfonamides is 1. The third-order valence-electron chi connectivity index (χ3n) is 4.82. The zero-order valence-corrected chi connectivity index (χ0v) is 14.0. The van der Waals surface area contributed by atoms with Gasteiger partial charge in [0, 0.05) is 13.1 Å². The van der Waals surface area contributed by atoms with Gasteiger partial charge in [-0.25, -0.2) is 13.6 Å². The second-order valence-corrected chi connectivity index (χ2v) is 8.30. The summed E-state index contributed by atoms with van der Waals surface area (Å²) in [5, 5.41) is 5.11. The van der Waals surface area contributed by atoms with Gasteiger partial charge in [-0.15, -0.1) is 0 Å². The molecule has 0 aliphatic carbocycles. The lowest BCUT2D eigenvalue weighted by atomic mass is 9.84. The van der Waals surface area contributed by atoms with Gasteiger partial charge >= 0.3 is 0 Å². The number of likely N-dealkylation sites (tertiary alicyclic amines) is 1. The number of nitrogens with two attached hydrogens (primary N) is 1. The van der Waals surface area contributed by atoms with E-state index in [-0.39, 0.29) is 16.2 Å². The van der Waals surface area contributed by atoms with Gasteiger partial charge in [-0.3, -0.25) is 4.79 Å². The van der Waals surface area contributed by atoms with E-state index in [0.717, 1.165) is 31.5 Å². The third kappa shape index (κ3) is 3.27. The van der Waals surface area contributed by atoms with Crippen LogP contribution in [-0.2, 0) is 19.6 Å². The van der Waals surface area contributed by atoms with Gasteiger partial charge in [0.2, 0.25) is 15.9 Å². The van der Waals surface area contributed by atoms with Crippen LogP contribution in [0.1, 0.15) is 31.2 Å². The van der Waals surface area contributed by atoms with Gasteiger partial charge < -0.3 is 9.64 Å². The van der Waals surface area contributed by atoms with Crippen LogP contribution in [-0.4, -0.2) is 45.5 Å². The smallest absolute Gasteiger partial charge is 0.238 e. The van der Waals surface area contributed by atoms with Crippen LogP contribution in [0.3, 0.4) is 0 Å². The number of benzene rings is 1. The molecule has 0 bridgehead atoms. The predicted molar refractivity (Wildman–Crippen MR) is 85.3 cm³/mol. The molecule has 2 fully saturated rings. The number of sulfonamides is 1. The molecule has 2 aliphatic rings. The molecule has 0 aromatic heterocycles. The number of hydrogen-bond acceptors (Lipinski definition) is 4. The summed E-state index contributed by atoms with van der Waals surface area (Å²) in [6.07, 6.45) is 1.77. The zero-order valence-electron chi connectivity index (χ0n) is 13.2. The van der Waals surface area contributed by atoms with Gasteiger partial charge in [0.1, 0.15) is 0 Å². The van der Waals surface area contributed by atoms with Gasteiger partial charge in [-0.2, -0.15) is 0 Å². The maximum Gasteiger partial charge on any atom is 0.238 e. The predicted octanol–water partition coefficient (Wildman–Crippen LogP) is 1.08. The van der Waals surface area contributed by atoms with Crippen LogP contribution in [0.4, 0.5) is 0 Å². The van der Waals surface area contributed by atoms with Crippen molar-refractivity contribution in [3.05, 3.63) is 29.8 Å². The van der Waals surface area contributed by atoms with Gasteiger partial charge in [0.05, 0.1) is 23.5 Å². The van der Waals surface area contributed by atoms with Crippen LogP contribution in [0.25, 0.3) is 0 Å². The van der Waals surface area contributed by atoms with Crippen molar-refractivity contribution in [2.24, 2.45) is 10.6 Å². The molecule has 0 spiro atoms. The van der Waals surface area contributed by atoms with Crippen molar-refractivity contribution in [1.82, 2.24) is 4.90 Å². The Morgan fingerprint density at radius 1 is 1.22 bits per heavy atom. The molecule has 1 aromatic carbocycles. The fraction of sp³-hybridized carbons (Fsp3) is 0.562. The first kappa shape index (κ1) is 16.4. The number of nitrogens with zero attached hydrogens (tertiary/aromatic N) is 1. The second-order valence-electron chi connectivity index (χ2n) is 6.73. The normalized spacial score (nSPS) is 21.7. The molecule has 2 saturated heterocycles. The summed E-state index contributed by atoms with van der Waals surface area (Å²) in [6, 6.07) is 6.75. The van der Waals surface area contributed by atoms with E-state index >= 15 is 0 Å². The molecular formula is C16H22N2O4S. The SMILES string of the molecule is CC1(C(=O)N2CCC(c3ccc(S(N)(=O)=O)cc3)CC2)COC1. The standard InChI is InChI=1S/C16H22N2O4S/c1-16(10-22-11-16)15(19)18-8-6-13(7-9-18)12-2-4-14(5-3-12)23(17,20)21/h2-5,13H,6-11H2,1H3,(H2,17,20,21). The maximum atomic E-state index is 12.5. The van der Waals surface area contributed by atoms with E-state index in [9.17, 15) is 13.2 Å². The van der Waals surface area contributed by atoms with Crippen LogP contribution >= 0.6 is 0 Å². The Morgan fingerprint density at radius 3 is 2.22 bits per heavy atom. The van der Waals surface area contributed by atoms with Gasteiger partial charge in [0.25, 0.3) is 0 Å². The fourth-order valence-electron chi connectivity index (χ4n) is 3.26. The van der Waals surface area contributed by atoms with E-state index in [1.54, 1.807) is 12.1 Å². The van der Waals surface area contributed by atoms with Crippen molar-refractivity contribution in [1.29, 1.82) is 0 Å². The Bertz CT molecular complexity index is 687. The summed E-state index contributed by atoms with van der Waals surface area (Å²) in [6.45, 7) is 4.45. The molecule has 23 heavy (non-hydrogen) atoms. The highest BCUT2D eigenvalue weighted by Gasteiger charge is 2.44. The first-order valence-electron chi connectivity index (χ1n) is 7.79. The van der Waals surface area contributed by atoms with Crippen LogP contribution in [0.15, 0.2) is 29.2 Å². The van der Waals surface area contributed by atoms with Crippen molar-refractivity contribution in [3.63, 3.8) is 0 Å². The summed E-state index contributed by atoms with van der Waals surface area (Å²) >= 11 is 0. The maximum absolute atomic E-state index is 12.5. The molecule has 3 rings (SSSR count). The monoisotopic (exact) mass is 338 g/mol. The van der Waals surface area contributed by atoms with Gasteiger partial charge in [-0.05, 0) is 43.4 Å². The molecule has 126 valence electrons. The third-order valence-corrected chi connectivity index (χ3v) is 5.75. The Hall–Kier alpha value is -1.44. The van der Waals surface area contributed by atoms with E-state index in [2.05, 4.69) is 0 Å². The number of piperidine rings is 1. The van der Waals surface area contributed by atoms with E-state index in [4.69, 9.17) is 9.88 Å². The van der Waals surface area contributed by atoms with Crippen molar-refractivity contribution >= 4 is 15.9 Å². The molecule has 2 aliphatic heterocycles.